The monoisotopic (exact) mass is 268 g/mol. The second-order valence-electron chi connectivity index (χ2n) is 3.85. The molecule has 0 amide bonds. The number of nitrogens with one attached hydrogen (secondary N) is 1. The van der Waals surface area contributed by atoms with E-state index in [-0.39, 0.29) is 5.84 Å². The Bertz CT molecular complexity index is 490. The molecule has 1 aliphatic heterocycles. The maximum absolute atomic E-state index is 11.3. The zero-order valence-electron chi connectivity index (χ0n) is 9.89. The molecule has 18 heavy (non-hydrogen) atoms. The van der Waals surface area contributed by atoms with Gasteiger partial charge in [-0.05, 0) is 31.5 Å². The number of nitrogens with zero attached hydrogens (tertiary/aromatic N) is 1. The van der Waals surface area contributed by atoms with Crippen molar-refractivity contribution in [3.8, 4) is 5.75 Å². The first-order valence-corrected chi connectivity index (χ1v) is 6.82. The van der Waals surface area contributed by atoms with Crippen LogP contribution in [0.2, 0.25) is 0 Å². The van der Waals surface area contributed by atoms with Crippen LogP contribution in [0.25, 0.3) is 0 Å². The molecule has 0 fully saturated rings. The number of unbranched alkanes of at least 4 members (excludes halogenated alkanes) is 1. The van der Waals surface area contributed by atoms with Crippen LogP contribution in [0.4, 0.5) is 5.69 Å². The van der Waals surface area contributed by atoms with Gasteiger partial charge in [0.15, 0.2) is 0 Å². The van der Waals surface area contributed by atoms with E-state index >= 15 is 0 Å². The lowest BCUT2D eigenvalue weighted by Crippen LogP contribution is -2.24. The van der Waals surface area contributed by atoms with Crippen LogP contribution in [0.5, 0.6) is 5.75 Å². The third-order valence-electron chi connectivity index (χ3n) is 2.52. The Hall–Kier alpha value is -1.60. The largest absolute Gasteiger partial charge is 0.493 e. The summed E-state index contributed by atoms with van der Waals surface area (Å²) in [5.74, 6) is 0.881. The summed E-state index contributed by atoms with van der Waals surface area (Å²) in [4.78, 5) is 0. The number of anilines is 1. The number of amidine groups is 1. The maximum atomic E-state index is 11.3. The number of hydrogen-bond acceptors (Lipinski definition) is 4. The van der Waals surface area contributed by atoms with E-state index < -0.39 is 11.2 Å². The van der Waals surface area contributed by atoms with Gasteiger partial charge in [-0.1, -0.05) is 6.07 Å². The summed E-state index contributed by atoms with van der Waals surface area (Å²) in [6, 6.07) is 5.43. The predicted octanol–water partition coefficient (Wildman–Crippen LogP) is 0.514. The molecule has 0 radical (unpaired) electrons. The van der Waals surface area contributed by atoms with E-state index in [0.717, 1.165) is 12.8 Å². The van der Waals surface area contributed by atoms with Crippen molar-refractivity contribution in [1.29, 1.82) is 0 Å². The zero-order chi connectivity index (χ0) is 13.0. The molecule has 1 aromatic rings. The molecule has 0 aliphatic carbocycles. The molecular formula is C11H16N4O2S. The minimum atomic E-state index is -1.51. The topological polar surface area (TPSA) is 103 Å². The van der Waals surface area contributed by atoms with E-state index in [1.807, 2.05) is 12.1 Å². The van der Waals surface area contributed by atoms with E-state index in [0.29, 0.717) is 30.2 Å². The quantitative estimate of drug-likeness (QED) is 0.677. The molecule has 1 atom stereocenters. The van der Waals surface area contributed by atoms with Crippen LogP contribution < -0.4 is 20.9 Å². The van der Waals surface area contributed by atoms with Gasteiger partial charge in [-0.25, -0.2) is 4.21 Å². The molecule has 7 heteroatoms. The average molecular weight is 268 g/mol. The molecule has 6 nitrogen and oxygen atoms in total. The molecular weight excluding hydrogens is 252 g/mol. The van der Waals surface area contributed by atoms with Crippen molar-refractivity contribution in [2.45, 2.75) is 12.8 Å². The minimum Gasteiger partial charge on any atom is -0.493 e. The van der Waals surface area contributed by atoms with Gasteiger partial charge >= 0.3 is 0 Å². The Morgan fingerprint density at radius 2 is 2.22 bits per heavy atom. The van der Waals surface area contributed by atoms with E-state index in [4.69, 9.17) is 16.2 Å². The summed E-state index contributed by atoms with van der Waals surface area (Å²) < 4.78 is 23.5. The number of fused-ring (bicyclic) bond motifs is 1. The first kappa shape index (κ1) is 12.8. The Balaban J connectivity index is 2.16. The van der Waals surface area contributed by atoms with Crippen molar-refractivity contribution in [3.05, 3.63) is 23.8 Å². The van der Waals surface area contributed by atoms with Gasteiger partial charge in [0.25, 0.3) is 0 Å². The van der Waals surface area contributed by atoms with Gasteiger partial charge < -0.3 is 16.2 Å². The van der Waals surface area contributed by atoms with Gasteiger partial charge in [0, 0.05) is 0 Å². The van der Waals surface area contributed by atoms with Crippen LogP contribution in [0.1, 0.15) is 18.4 Å². The minimum absolute atomic E-state index is 0.233. The van der Waals surface area contributed by atoms with Crippen molar-refractivity contribution in [2.75, 3.05) is 17.9 Å². The van der Waals surface area contributed by atoms with Crippen molar-refractivity contribution >= 4 is 22.7 Å². The highest BCUT2D eigenvalue weighted by atomic mass is 32.2. The highest BCUT2D eigenvalue weighted by Gasteiger charge is 2.19. The summed E-state index contributed by atoms with van der Waals surface area (Å²) >= 11 is -1.51. The highest BCUT2D eigenvalue weighted by molar-refractivity contribution is 7.85. The number of nitrogens with two attached hydrogens (primary N) is 2. The van der Waals surface area contributed by atoms with Crippen LogP contribution in [-0.2, 0) is 11.2 Å². The SMILES string of the molecule is NCCCCOc1cccc2c1C(N)=NS(=O)N2. The summed E-state index contributed by atoms with van der Waals surface area (Å²) in [7, 11) is 0. The van der Waals surface area contributed by atoms with Crippen LogP contribution >= 0.6 is 0 Å². The van der Waals surface area contributed by atoms with E-state index in [9.17, 15) is 4.21 Å². The first-order valence-electron chi connectivity index (χ1n) is 5.71. The Morgan fingerprint density at radius 3 is 3.00 bits per heavy atom. The zero-order valence-corrected chi connectivity index (χ0v) is 10.7. The van der Waals surface area contributed by atoms with Crippen molar-refractivity contribution in [3.63, 3.8) is 0 Å². The number of hydrogen-bond donors (Lipinski definition) is 3. The van der Waals surface area contributed by atoms with Crippen LogP contribution in [0, 0.1) is 0 Å². The standard InChI is InChI=1S/C11H16N4O2S/c12-6-1-2-7-17-9-5-3-4-8-10(9)11(13)15-18(16)14-8/h3-5,14H,1-2,6-7,12H2,(H2,13,15). The molecule has 1 heterocycles. The third-order valence-corrected chi connectivity index (χ3v) is 3.27. The fourth-order valence-corrected chi connectivity index (χ4v) is 2.35. The fourth-order valence-electron chi connectivity index (χ4n) is 1.68. The lowest BCUT2D eigenvalue weighted by atomic mass is 10.1. The summed E-state index contributed by atoms with van der Waals surface area (Å²) in [5.41, 5.74) is 12.6. The van der Waals surface area contributed by atoms with Gasteiger partial charge in [-0.3, -0.25) is 4.72 Å². The molecule has 1 unspecified atom stereocenters. The first-order chi connectivity index (χ1) is 8.72. The van der Waals surface area contributed by atoms with Gasteiger partial charge in [0.2, 0.25) is 11.2 Å². The van der Waals surface area contributed by atoms with E-state index in [1.54, 1.807) is 6.07 Å². The summed E-state index contributed by atoms with van der Waals surface area (Å²) in [6.45, 7) is 1.23. The molecule has 0 bridgehead atoms. The van der Waals surface area contributed by atoms with Crippen molar-refractivity contribution < 1.29 is 8.95 Å². The maximum Gasteiger partial charge on any atom is 0.245 e. The molecule has 5 N–H and O–H groups in total. The normalized spacial score (nSPS) is 17.6. The third kappa shape index (κ3) is 2.80. The highest BCUT2D eigenvalue weighted by Crippen LogP contribution is 2.29. The predicted molar refractivity (Wildman–Crippen MR) is 72.7 cm³/mol. The molecule has 2 rings (SSSR count). The van der Waals surface area contributed by atoms with Crippen molar-refractivity contribution in [1.82, 2.24) is 0 Å². The van der Waals surface area contributed by atoms with Crippen LogP contribution in [0.15, 0.2) is 22.6 Å². The van der Waals surface area contributed by atoms with Gasteiger partial charge in [-0.15, -0.1) is 0 Å². The summed E-state index contributed by atoms with van der Waals surface area (Å²) in [5, 5.41) is 0. The Morgan fingerprint density at radius 1 is 1.39 bits per heavy atom. The lowest BCUT2D eigenvalue weighted by Gasteiger charge is -2.18. The molecule has 0 spiro atoms. The van der Waals surface area contributed by atoms with E-state index in [2.05, 4.69) is 9.12 Å². The average Bonchev–Trinajstić information content (AvgIpc) is 2.34. The number of benzene rings is 1. The molecule has 98 valence electrons. The second kappa shape index (κ2) is 5.83. The summed E-state index contributed by atoms with van der Waals surface area (Å²) in [6.07, 6.45) is 1.80. The van der Waals surface area contributed by atoms with Gasteiger partial charge in [0.1, 0.15) is 11.6 Å². The number of rotatable bonds is 5. The second-order valence-corrected chi connectivity index (χ2v) is 4.74. The van der Waals surface area contributed by atoms with Crippen LogP contribution in [0.3, 0.4) is 0 Å². The molecule has 0 saturated carbocycles. The number of ether oxygens (including phenoxy) is 1. The van der Waals surface area contributed by atoms with Gasteiger partial charge in [-0.2, -0.15) is 4.40 Å². The fraction of sp³-hybridized carbons (Fsp3) is 0.364. The molecule has 0 saturated heterocycles. The smallest absolute Gasteiger partial charge is 0.245 e. The molecule has 0 aromatic heterocycles. The molecule has 1 aliphatic rings. The molecule has 1 aromatic carbocycles. The van der Waals surface area contributed by atoms with Crippen LogP contribution in [-0.4, -0.2) is 23.2 Å². The van der Waals surface area contributed by atoms with E-state index in [1.165, 1.54) is 0 Å². The Kier molecular flexibility index (Phi) is 4.16. The van der Waals surface area contributed by atoms with Crippen molar-refractivity contribution in [2.24, 2.45) is 15.9 Å². The Labute approximate surface area is 108 Å². The van der Waals surface area contributed by atoms with Gasteiger partial charge in [0.05, 0.1) is 17.9 Å². The lowest BCUT2D eigenvalue weighted by molar-refractivity contribution is 0.307.